The molecular weight excluding hydrogens is 326 g/mol. The fraction of sp³-hybridized carbons (Fsp3) is 0.250. The highest BCUT2D eigenvalue weighted by atomic mass is 32.2. The number of anilines is 1. The number of hydrogen-bond donors (Lipinski definition) is 1. The van der Waals surface area contributed by atoms with Gasteiger partial charge in [-0.15, -0.1) is 0 Å². The second-order valence-electron chi connectivity index (χ2n) is 4.57. The van der Waals surface area contributed by atoms with Crippen LogP contribution < -0.4 is 4.72 Å². The fourth-order valence-corrected chi connectivity index (χ4v) is 3.49. The van der Waals surface area contributed by atoms with Crippen molar-refractivity contribution in [2.45, 2.75) is 18.7 Å². The zero-order valence-corrected chi connectivity index (χ0v) is 12.5. The van der Waals surface area contributed by atoms with Crippen molar-refractivity contribution in [3.8, 4) is 0 Å². The first kappa shape index (κ1) is 16.3. The molecular formula is C12H11F4N3O2S. The largest absolute Gasteiger partial charge is 0.274 e. The van der Waals surface area contributed by atoms with Gasteiger partial charge in [0.2, 0.25) is 0 Å². The molecule has 0 unspecified atom stereocenters. The molecule has 0 radical (unpaired) electrons. The maximum atomic E-state index is 13.6. The van der Waals surface area contributed by atoms with Crippen molar-refractivity contribution in [1.82, 2.24) is 9.78 Å². The van der Waals surface area contributed by atoms with Gasteiger partial charge in [0.1, 0.15) is 10.6 Å². The summed E-state index contributed by atoms with van der Waals surface area (Å²) in [6.45, 7) is 2.80. The molecule has 0 saturated carbocycles. The molecule has 0 aliphatic carbocycles. The highest BCUT2D eigenvalue weighted by Crippen LogP contribution is 2.28. The number of nitrogens with one attached hydrogen (secondary N) is 1. The number of aromatic nitrogens is 2. The van der Waals surface area contributed by atoms with E-state index in [1.807, 2.05) is 0 Å². The smallest absolute Gasteiger partial charge is 0.265 e. The quantitative estimate of drug-likeness (QED) is 0.691. The third kappa shape index (κ3) is 2.54. The maximum absolute atomic E-state index is 13.6. The summed E-state index contributed by atoms with van der Waals surface area (Å²) in [5.74, 6) is -7.09. The van der Waals surface area contributed by atoms with Gasteiger partial charge in [-0.3, -0.25) is 9.40 Å². The highest BCUT2D eigenvalue weighted by molar-refractivity contribution is 7.92. The maximum Gasteiger partial charge on any atom is 0.265 e. The van der Waals surface area contributed by atoms with Gasteiger partial charge in [0.15, 0.2) is 23.3 Å². The Labute approximate surface area is 123 Å². The Kier molecular flexibility index (Phi) is 3.90. The van der Waals surface area contributed by atoms with E-state index >= 15 is 0 Å². The van der Waals surface area contributed by atoms with Crippen LogP contribution in [0.4, 0.5) is 23.2 Å². The Morgan fingerprint density at radius 2 is 1.59 bits per heavy atom. The van der Waals surface area contributed by atoms with E-state index in [2.05, 4.69) is 5.10 Å². The molecule has 0 spiro atoms. The number of halogens is 4. The first-order valence-electron chi connectivity index (χ1n) is 5.92. The van der Waals surface area contributed by atoms with E-state index in [4.69, 9.17) is 0 Å². The van der Waals surface area contributed by atoms with Crippen LogP contribution >= 0.6 is 0 Å². The number of aryl methyl sites for hydroxylation is 2. The Balaban J connectivity index is 2.60. The van der Waals surface area contributed by atoms with E-state index in [0.717, 1.165) is 0 Å². The molecule has 1 aromatic heterocycles. The van der Waals surface area contributed by atoms with Crippen LogP contribution in [0.1, 0.15) is 11.4 Å². The minimum atomic E-state index is -4.48. The van der Waals surface area contributed by atoms with Crippen LogP contribution in [0, 0.1) is 37.1 Å². The van der Waals surface area contributed by atoms with Crippen LogP contribution in [0.5, 0.6) is 0 Å². The monoisotopic (exact) mass is 337 g/mol. The van der Waals surface area contributed by atoms with Crippen molar-refractivity contribution in [2.24, 2.45) is 7.05 Å². The molecule has 0 aliphatic heterocycles. The van der Waals surface area contributed by atoms with E-state index in [1.54, 1.807) is 0 Å². The summed E-state index contributed by atoms with van der Waals surface area (Å²) in [6.07, 6.45) is 0. The average Bonchev–Trinajstić information content (AvgIpc) is 2.66. The van der Waals surface area contributed by atoms with E-state index < -0.39 is 39.0 Å². The third-order valence-electron chi connectivity index (χ3n) is 3.06. The Hall–Kier alpha value is -2.10. The predicted molar refractivity (Wildman–Crippen MR) is 69.8 cm³/mol. The Morgan fingerprint density at radius 1 is 1.09 bits per heavy atom. The summed E-state index contributed by atoms with van der Waals surface area (Å²) < 4.78 is 80.7. The van der Waals surface area contributed by atoms with Crippen molar-refractivity contribution >= 4 is 15.7 Å². The van der Waals surface area contributed by atoms with Crippen molar-refractivity contribution in [2.75, 3.05) is 4.72 Å². The molecule has 120 valence electrons. The van der Waals surface area contributed by atoms with Crippen LogP contribution in [0.3, 0.4) is 0 Å². The molecule has 1 aromatic carbocycles. The van der Waals surface area contributed by atoms with E-state index in [1.165, 1.54) is 30.3 Å². The van der Waals surface area contributed by atoms with E-state index in [0.29, 0.717) is 0 Å². The topological polar surface area (TPSA) is 64.0 Å². The van der Waals surface area contributed by atoms with Gasteiger partial charge < -0.3 is 0 Å². The first-order chi connectivity index (χ1) is 10.1. The normalized spacial score (nSPS) is 11.8. The predicted octanol–water partition coefficient (Wildman–Crippen LogP) is 2.39. The van der Waals surface area contributed by atoms with Crippen LogP contribution in [-0.2, 0) is 17.1 Å². The summed E-state index contributed by atoms with van der Waals surface area (Å²) >= 11 is 0. The lowest BCUT2D eigenvalue weighted by Crippen LogP contribution is -2.18. The number of nitrogens with zero attached hydrogens (tertiary/aromatic N) is 2. The SMILES string of the molecule is Cc1nn(C)c(C)c1S(=O)(=O)Nc1c(F)c(F)cc(F)c1F. The first-order valence-corrected chi connectivity index (χ1v) is 7.40. The Bertz CT molecular complexity index is 836. The lowest BCUT2D eigenvalue weighted by Gasteiger charge is -2.11. The van der Waals surface area contributed by atoms with Gasteiger partial charge in [0.05, 0.1) is 11.4 Å². The van der Waals surface area contributed by atoms with Gasteiger partial charge in [0, 0.05) is 13.1 Å². The molecule has 1 N–H and O–H groups in total. The average molecular weight is 337 g/mol. The minimum Gasteiger partial charge on any atom is -0.274 e. The van der Waals surface area contributed by atoms with Crippen molar-refractivity contribution in [3.05, 3.63) is 40.7 Å². The van der Waals surface area contributed by atoms with E-state index in [-0.39, 0.29) is 22.3 Å². The standard InChI is InChI=1S/C12H11F4N3O2S/c1-5-12(6(2)19(3)17-5)22(20,21)18-11-9(15)7(13)4-8(14)10(11)16/h4,18H,1-3H3. The fourth-order valence-electron chi connectivity index (χ4n) is 1.99. The third-order valence-corrected chi connectivity index (χ3v) is 4.66. The zero-order chi connectivity index (χ0) is 16.8. The van der Waals surface area contributed by atoms with Gasteiger partial charge in [-0.25, -0.2) is 26.0 Å². The van der Waals surface area contributed by atoms with Gasteiger partial charge in [-0.2, -0.15) is 5.10 Å². The minimum absolute atomic E-state index is 0.0109. The molecule has 1 heterocycles. The van der Waals surface area contributed by atoms with Crippen LogP contribution in [-0.4, -0.2) is 18.2 Å². The highest BCUT2D eigenvalue weighted by Gasteiger charge is 2.28. The molecule has 2 rings (SSSR count). The van der Waals surface area contributed by atoms with Crippen LogP contribution in [0.15, 0.2) is 11.0 Å². The van der Waals surface area contributed by atoms with Crippen LogP contribution in [0.25, 0.3) is 0 Å². The molecule has 2 aromatic rings. The number of hydrogen-bond acceptors (Lipinski definition) is 3. The summed E-state index contributed by atoms with van der Waals surface area (Å²) in [5.41, 5.74) is -1.15. The molecule has 0 bridgehead atoms. The molecule has 0 fully saturated rings. The van der Waals surface area contributed by atoms with Gasteiger partial charge in [-0.1, -0.05) is 0 Å². The van der Waals surface area contributed by atoms with Crippen molar-refractivity contribution < 1.29 is 26.0 Å². The van der Waals surface area contributed by atoms with Crippen molar-refractivity contribution in [1.29, 1.82) is 0 Å². The van der Waals surface area contributed by atoms with Gasteiger partial charge in [-0.05, 0) is 13.8 Å². The van der Waals surface area contributed by atoms with Crippen molar-refractivity contribution in [3.63, 3.8) is 0 Å². The summed E-state index contributed by atoms with van der Waals surface area (Å²) in [5, 5.41) is 3.86. The Morgan fingerprint density at radius 3 is 2.00 bits per heavy atom. The van der Waals surface area contributed by atoms with Gasteiger partial charge in [0.25, 0.3) is 10.0 Å². The summed E-state index contributed by atoms with van der Waals surface area (Å²) in [4.78, 5) is -0.321. The molecule has 0 atom stereocenters. The molecule has 5 nitrogen and oxygen atoms in total. The molecule has 0 amide bonds. The van der Waals surface area contributed by atoms with Crippen LogP contribution in [0.2, 0.25) is 0 Å². The number of rotatable bonds is 3. The summed E-state index contributed by atoms with van der Waals surface area (Å²) in [6, 6.07) is -0.0109. The second kappa shape index (κ2) is 5.27. The second-order valence-corrected chi connectivity index (χ2v) is 6.19. The zero-order valence-electron chi connectivity index (χ0n) is 11.7. The molecule has 10 heteroatoms. The molecule has 22 heavy (non-hydrogen) atoms. The van der Waals surface area contributed by atoms with E-state index in [9.17, 15) is 26.0 Å². The van der Waals surface area contributed by atoms with Gasteiger partial charge >= 0.3 is 0 Å². The molecule has 0 aliphatic rings. The lowest BCUT2D eigenvalue weighted by molar-refractivity contribution is 0.459. The lowest BCUT2D eigenvalue weighted by atomic mass is 10.3. The number of sulfonamides is 1. The molecule has 0 saturated heterocycles. The number of benzene rings is 1. The summed E-state index contributed by atoms with van der Waals surface area (Å²) in [7, 11) is -3.00.